The number of halogens is 1. The molecule has 3 aromatic rings. The number of carbonyl (C=O) groups excluding carboxylic acids is 2. The highest BCUT2D eigenvalue weighted by atomic mass is 35.5. The highest BCUT2D eigenvalue weighted by molar-refractivity contribution is 6.30. The number of amides is 2. The lowest BCUT2D eigenvalue weighted by molar-refractivity contribution is -0.121. The Kier molecular flexibility index (Phi) is 6.32. The van der Waals surface area contributed by atoms with Crippen LogP contribution in [0.4, 0.5) is 11.4 Å². The van der Waals surface area contributed by atoms with E-state index >= 15 is 0 Å². The van der Waals surface area contributed by atoms with Crippen molar-refractivity contribution in [1.82, 2.24) is 0 Å². The summed E-state index contributed by atoms with van der Waals surface area (Å²) in [4.78, 5) is 26.8. The number of ether oxygens (including phenoxy) is 2. The monoisotopic (exact) mass is 450 g/mol. The maximum absolute atomic E-state index is 12.7. The molecule has 7 heteroatoms. The van der Waals surface area contributed by atoms with Crippen molar-refractivity contribution in [3.8, 4) is 11.5 Å². The lowest BCUT2D eigenvalue weighted by Crippen LogP contribution is -2.41. The molecule has 6 nitrogen and oxygen atoms in total. The summed E-state index contributed by atoms with van der Waals surface area (Å²) in [5.74, 6) is 0.869. The van der Waals surface area contributed by atoms with E-state index in [0.717, 1.165) is 11.1 Å². The summed E-state index contributed by atoms with van der Waals surface area (Å²) < 4.78 is 11.3. The van der Waals surface area contributed by atoms with Crippen molar-refractivity contribution >= 4 is 34.8 Å². The Bertz CT molecular complexity index is 1160. The van der Waals surface area contributed by atoms with Gasteiger partial charge in [0.1, 0.15) is 18.1 Å². The van der Waals surface area contributed by atoms with Crippen molar-refractivity contribution in [3.63, 3.8) is 0 Å². The number of nitrogens with zero attached hydrogens (tertiary/aromatic N) is 1. The molecule has 0 saturated heterocycles. The molecule has 0 aliphatic carbocycles. The molecular formula is C25H23ClN2O4. The second kappa shape index (κ2) is 9.32. The van der Waals surface area contributed by atoms with Gasteiger partial charge in [0.05, 0.1) is 12.2 Å². The minimum Gasteiger partial charge on any atom is -0.492 e. The van der Waals surface area contributed by atoms with Crippen molar-refractivity contribution in [1.29, 1.82) is 0 Å². The van der Waals surface area contributed by atoms with E-state index in [4.69, 9.17) is 21.1 Å². The van der Waals surface area contributed by atoms with Gasteiger partial charge in [-0.05, 0) is 79.6 Å². The lowest BCUT2D eigenvalue weighted by Gasteiger charge is -2.29. The van der Waals surface area contributed by atoms with Gasteiger partial charge in [-0.25, -0.2) is 0 Å². The Balaban J connectivity index is 1.48. The highest BCUT2D eigenvalue weighted by Crippen LogP contribution is 2.34. The first-order valence-electron chi connectivity index (χ1n) is 10.2. The van der Waals surface area contributed by atoms with Gasteiger partial charge in [-0.2, -0.15) is 0 Å². The fraction of sp³-hybridized carbons (Fsp3) is 0.200. The Morgan fingerprint density at radius 1 is 1.06 bits per heavy atom. The van der Waals surface area contributed by atoms with Gasteiger partial charge in [-0.3, -0.25) is 9.59 Å². The Labute approximate surface area is 191 Å². The average molecular weight is 451 g/mol. The van der Waals surface area contributed by atoms with Crippen molar-refractivity contribution < 1.29 is 19.1 Å². The third kappa shape index (κ3) is 4.86. The predicted molar refractivity (Wildman–Crippen MR) is 125 cm³/mol. The van der Waals surface area contributed by atoms with E-state index in [9.17, 15) is 9.59 Å². The van der Waals surface area contributed by atoms with Crippen LogP contribution in [0.3, 0.4) is 0 Å². The van der Waals surface area contributed by atoms with E-state index in [-0.39, 0.29) is 18.4 Å². The smallest absolute Gasteiger partial charge is 0.265 e. The van der Waals surface area contributed by atoms with Gasteiger partial charge in [0.25, 0.3) is 11.8 Å². The molecule has 2 amide bonds. The van der Waals surface area contributed by atoms with Gasteiger partial charge in [0, 0.05) is 16.3 Å². The van der Waals surface area contributed by atoms with Crippen LogP contribution in [0.15, 0.2) is 60.7 Å². The van der Waals surface area contributed by atoms with E-state index in [1.54, 1.807) is 53.4 Å². The zero-order chi connectivity index (χ0) is 22.7. The SMILES string of the molecule is Cc1ccc(C(=O)Nc2ccc3c(c2)N(CCOc2ccc(Cl)cc2)C(=O)CO3)cc1C. The molecule has 1 aliphatic heterocycles. The fourth-order valence-electron chi connectivity index (χ4n) is 3.40. The molecule has 164 valence electrons. The summed E-state index contributed by atoms with van der Waals surface area (Å²) in [5.41, 5.74) is 3.93. The summed E-state index contributed by atoms with van der Waals surface area (Å²) in [7, 11) is 0. The van der Waals surface area contributed by atoms with Crippen LogP contribution in [0.5, 0.6) is 11.5 Å². The largest absolute Gasteiger partial charge is 0.492 e. The van der Waals surface area contributed by atoms with E-state index in [1.807, 2.05) is 26.0 Å². The van der Waals surface area contributed by atoms with Gasteiger partial charge in [-0.1, -0.05) is 17.7 Å². The van der Waals surface area contributed by atoms with Crippen LogP contribution in [0.1, 0.15) is 21.5 Å². The van der Waals surface area contributed by atoms with Crippen LogP contribution in [-0.2, 0) is 4.79 Å². The molecule has 0 spiro atoms. The third-order valence-electron chi connectivity index (χ3n) is 5.33. The normalized spacial score (nSPS) is 12.7. The van der Waals surface area contributed by atoms with Gasteiger partial charge in [-0.15, -0.1) is 0 Å². The van der Waals surface area contributed by atoms with E-state index < -0.39 is 0 Å². The molecule has 1 N–H and O–H groups in total. The molecule has 32 heavy (non-hydrogen) atoms. The molecule has 0 bridgehead atoms. The summed E-state index contributed by atoms with van der Waals surface area (Å²) in [6.45, 7) is 4.57. The van der Waals surface area contributed by atoms with Gasteiger partial charge in [0.15, 0.2) is 6.61 Å². The molecule has 1 heterocycles. The maximum Gasteiger partial charge on any atom is 0.265 e. The summed E-state index contributed by atoms with van der Waals surface area (Å²) >= 11 is 5.89. The predicted octanol–water partition coefficient (Wildman–Crippen LogP) is 5.01. The summed E-state index contributed by atoms with van der Waals surface area (Å²) in [5, 5.41) is 3.53. The average Bonchev–Trinajstić information content (AvgIpc) is 2.78. The Hall–Kier alpha value is -3.51. The number of anilines is 2. The number of hydrogen-bond donors (Lipinski definition) is 1. The van der Waals surface area contributed by atoms with Gasteiger partial charge >= 0.3 is 0 Å². The van der Waals surface area contributed by atoms with Crippen LogP contribution in [0.25, 0.3) is 0 Å². The van der Waals surface area contributed by atoms with Crippen molar-refractivity contribution in [2.45, 2.75) is 13.8 Å². The molecule has 0 fully saturated rings. The molecule has 3 aromatic carbocycles. The van der Waals surface area contributed by atoms with Gasteiger partial charge in [0.2, 0.25) is 0 Å². The number of hydrogen-bond acceptors (Lipinski definition) is 4. The first kappa shape index (κ1) is 21.7. The quantitative estimate of drug-likeness (QED) is 0.573. The van der Waals surface area contributed by atoms with E-state index in [2.05, 4.69) is 5.32 Å². The second-order valence-corrected chi connectivity index (χ2v) is 8.01. The molecular weight excluding hydrogens is 428 g/mol. The van der Waals surface area contributed by atoms with Crippen LogP contribution in [0.2, 0.25) is 5.02 Å². The summed E-state index contributed by atoms with van der Waals surface area (Å²) in [6, 6.07) is 17.9. The molecule has 0 saturated carbocycles. The number of benzene rings is 3. The molecule has 4 rings (SSSR count). The molecule has 0 aromatic heterocycles. The van der Waals surface area contributed by atoms with Crippen LogP contribution in [0, 0.1) is 13.8 Å². The topological polar surface area (TPSA) is 67.9 Å². The third-order valence-corrected chi connectivity index (χ3v) is 5.58. The maximum atomic E-state index is 12.7. The molecule has 0 atom stereocenters. The van der Waals surface area contributed by atoms with Crippen LogP contribution in [-0.4, -0.2) is 31.6 Å². The lowest BCUT2D eigenvalue weighted by atomic mass is 10.1. The molecule has 1 aliphatic rings. The Morgan fingerprint density at radius 3 is 2.59 bits per heavy atom. The molecule has 0 unspecified atom stereocenters. The zero-order valence-electron chi connectivity index (χ0n) is 17.9. The minimum atomic E-state index is -0.214. The molecule has 0 radical (unpaired) electrons. The van der Waals surface area contributed by atoms with E-state index in [0.29, 0.717) is 46.6 Å². The standard InChI is InChI=1S/C25H23ClN2O4/c1-16-3-4-18(13-17(16)2)25(30)27-20-7-10-23-22(14-20)28(24(29)15-32-23)11-12-31-21-8-5-19(26)6-9-21/h3-10,13-14H,11-12,15H2,1-2H3,(H,27,30). The fourth-order valence-corrected chi connectivity index (χ4v) is 3.52. The highest BCUT2D eigenvalue weighted by Gasteiger charge is 2.26. The first-order chi connectivity index (χ1) is 15.4. The first-order valence-corrected chi connectivity index (χ1v) is 10.6. The van der Waals surface area contributed by atoms with E-state index in [1.165, 1.54) is 0 Å². The number of rotatable bonds is 6. The zero-order valence-corrected chi connectivity index (χ0v) is 18.6. The van der Waals surface area contributed by atoms with Crippen molar-refractivity contribution in [2.24, 2.45) is 0 Å². The summed E-state index contributed by atoms with van der Waals surface area (Å²) in [6.07, 6.45) is 0. The second-order valence-electron chi connectivity index (χ2n) is 7.57. The van der Waals surface area contributed by atoms with Crippen LogP contribution >= 0.6 is 11.6 Å². The van der Waals surface area contributed by atoms with Crippen molar-refractivity contribution in [2.75, 3.05) is 30.0 Å². The number of aryl methyl sites for hydroxylation is 2. The van der Waals surface area contributed by atoms with Crippen molar-refractivity contribution in [3.05, 3.63) is 82.4 Å². The number of fused-ring (bicyclic) bond motifs is 1. The number of carbonyl (C=O) groups is 2. The minimum absolute atomic E-state index is 0.0394. The Morgan fingerprint density at radius 2 is 1.84 bits per heavy atom. The van der Waals surface area contributed by atoms with Gasteiger partial charge < -0.3 is 19.7 Å². The number of nitrogens with one attached hydrogen (secondary N) is 1. The van der Waals surface area contributed by atoms with Crippen LogP contribution < -0.4 is 19.7 Å².